The lowest BCUT2D eigenvalue weighted by Gasteiger charge is -1.98. The van der Waals surface area contributed by atoms with Crippen molar-refractivity contribution < 1.29 is 22.3 Å². The van der Waals surface area contributed by atoms with E-state index in [1.807, 2.05) is 18.2 Å². The summed E-state index contributed by atoms with van der Waals surface area (Å²) in [5.41, 5.74) is 0.961. The second-order valence-corrected chi connectivity index (χ2v) is 3.74. The van der Waals surface area contributed by atoms with Crippen LogP contribution in [0.4, 0.5) is 0 Å². The standard InChI is InChI=1S/C14H7NO2.ClH/c16-14(17)13-9-5-1-3-7-11(9)15-12-8-4-2-6-10(12)13;/h1-5,7-8H;1H. The summed E-state index contributed by atoms with van der Waals surface area (Å²) >= 11 is 0. The number of carboxylic acid groups (broad SMARTS) is 1. The maximum atomic E-state index is 11.4. The van der Waals surface area contributed by atoms with E-state index in [1.54, 1.807) is 24.3 Å². The minimum absolute atomic E-state index is 0. The smallest absolute Gasteiger partial charge is 0.381 e. The molecule has 1 aliphatic carbocycles. The number of hydrogen-bond donors (Lipinski definition) is 1. The summed E-state index contributed by atoms with van der Waals surface area (Å²) in [4.78, 5) is 15.8. The maximum absolute atomic E-state index is 11.4. The molecular weight excluding hydrogens is 250 g/mol. The fourth-order valence-corrected chi connectivity index (χ4v) is 1.99. The van der Waals surface area contributed by atoms with Crippen LogP contribution in [0.2, 0.25) is 0 Å². The number of carbonyl (C=O) groups is 1. The summed E-state index contributed by atoms with van der Waals surface area (Å²) < 4.78 is 0. The lowest BCUT2D eigenvalue weighted by atomic mass is 10.0. The van der Waals surface area contributed by atoms with Gasteiger partial charge in [0, 0.05) is 18.2 Å². The van der Waals surface area contributed by atoms with Crippen LogP contribution >= 0.6 is 0 Å². The second kappa shape index (κ2) is 4.57. The number of halogens is 1. The number of fused-ring (bicyclic) bond motifs is 2. The molecule has 88 valence electrons. The molecule has 1 N–H and O–H groups in total. The van der Waals surface area contributed by atoms with E-state index in [1.165, 1.54) is 0 Å². The van der Waals surface area contributed by atoms with Crippen LogP contribution in [-0.2, 0) is 0 Å². The molecule has 0 saturated carbocycles. The number of aromatic nitrogens is 1. The topological polar surface area (TPSA) is 50.2 Å². The van der Waals surface area contributed by atoms with Crippen molar-refractivity contribution in [1.29, 1.82) is 0 Å². The predicted molar refractivity (Wildman–Crippen MR) is 65.0 cm³/mol. The Morgan fingerprint density at radius 1 is 1.28 bits per heavy atom. The van der Waals surface area contributed by atoms with Crippen LogP contribution in [0.15, 0.2) is 36.4 Å². The van der Waals surface area contributed by atoms with Gasteiger partial charge in [-0.2, -0.15) is 4.98 Å². The summed E-state index contributed by atoms with van der Waals surface area (Å²) in [6, 6.07) is 7.24. The fraction of sp³-hybridized carbons (Fsp3) is 0. The Morgan fingerprint density at radius 3 is 2.83 bits per heavy atom. The number of rotatable bonds is 1. The number of allylic oxidation sites excluding steroid dienone is 2. The summed E-state index contributed by atoms with van der Waals surface area (Å²) in [5.74, 6) is -0.948. The number of carboxylic acids is 1. The number of hydrogen-bond acceptors (Lipinski definition) is 2. The van der Waals surface area contributed by atoms with Gasteiger partial charge in [-0.3, -0.25) is 0 Å². The van der Waals surface area contributed by atoms with Crippen molar-refractivity contribution >= 4 is 29.0 Å². The molecule has 0 atom stereocenters. The highest BCUT2D eigenvalue weighted by Crippen LogP contribution is 2.12. The van der Waals surface area contributed by atoms with Gasteiger partial charge in [0.25, 0.3) is 0 Å². The van der Waals surface area contributed by atoms with Gasteiger partial charge in [0.05, 0.1) is 17.0 Å². The Hall–Kier alpha value is -2.22. The summed E-state index contributed by atoms with van der Waals surface area (Å²) in [5, 5.41) is 11.2. The first-order chi connectivity index (χ1) is 8.27. The third-order valence-electron chi connectivity index (χ3n) is 2.71. The van der Waals surface area contributed by atoms with Gasteiger partial charge in [-0.1, -0.05) is 12.1 Å². The molecule has 4 heteroatoms. The molecule has 0 radical (unpaired) electrons. The highest BCUT2D eigenvalue weighted by Gasteiger charge is 2.19. The Labute approximate surface area is 109 Å². The number of nitrogens with zero attached hydrogens (tertiary/aromatic N) is 1. The quantitative estimate of drug-likeness (QED) is 0.598. The molecule has 3 rings (SSSR count). The summed E-state index contributed by atoms with van der Waals surface area (Å²) in [6.45, 7) is 0. The molecule has 0 fully saturated rings. The normalized spacial score (nSPS) is 11.6. The Morgan fingerprint density at radius 2 is 2.06 bits per heavy atom. The van der Waals surface area contributed by atoms with E-state index in [9.17, 15) is 9.90 Å². The lowest BCUT2D eigenvalue weighted by molar-refractivity contribution is -0.0000189. The summed E-state index contributed by atoms with van der Waals surface area (Å²) in [6.07, 6.45) is 8.25. The molecule has 3 nitrogen and oxygen atoms in total. The van der Waals surface area contributed by atoms with Crippen LogP contribution < -0.4 is 23.0 Å². The molecule has 0 aliphatic heterocycles. The molecule has 1 heterocycles. The van der Waals surface area contributed by atoms with Crippen molar-refractivity contribution in [2.75, 3.05) is 0 Å². The van der Waals surface area contributed by atoms with E-state index in [-0.39, 0.29) is 18.0 Å². The molecule has 1 aromatic carbocycles. The summed E-state index contributed by atoms with van der Waals surface area (Å²) in [7, 11) is 0. The molecule has 0 bridgehead atoms. The van der Waals surface area contributed by atoms with E-state index in [4.69, 9.17) is 0 Å². The monoisotopic (exact) mass is 257 g/mol. The molecule has 2 aromatic rings. The van der Waals surface area contributed by atoms with Gasteiger partial charge in [-0.05, 0) is 12.1 Å². The zero-order valence-electron chi connectivity index (χ0n) is 9.22. The molecular formula is C14H8ClNO2. The van der Waals surface area contributed by atoms with Gasteiger partial charge in [0.1, 0.15) is 0 Å². The Kier molecular flexibility index (Phi) is 3.11. The molecule has 0 amide bonds. The van der Waals surface area contributed by atoms with Crippen LogP contribution in [0.3, 0.4) is 0 Å². The first kappa shape index (κ1) is 12.2. The highest BCUT2D eigenvalue weighted by molar-refractivity contribution is 6.03. The van der Waals surface area contributed by atoms with E-state index < -0.39 is 5.97 Å². The zero-order chi connectivity index (χ0) is 11.8. The Balaban J connectivity index is 0.00000120. The molecule has 0 unspecified atom stereocenters. The van der Waals surface area contributed by atoms with Gasteiger partial charge in [-0.15, -0.1) is 0 Å². The van der Waals surface area contributed by atoms with E-state index >= 15 is 0 Å². The molecule has 0 saturated heterocycles. The van der Waals surface area contributed by atoms with Gasteiger partial charge in [0.2, 0.25) is 0 Å². The Bertz CT molecular complexity index is 778. The molecule has 1 aliphatic rings. The average Bonchev–Trinajstić information content (AvgIpc) is 2.35. The number of pyridine rings is 1. The van der Waals surface area contributed by atoms with Crippen LogP contribution in [0, 0.1) is 0 Å². The van der Waals surface area contributed by atoms with Crippen molar-refractivity contribution in [3.8, 4) is 0 Å². The maximum Gasteiger partial charge on any atom is 0.381 e. The SMILES string of the molecule is O=C(O)c1c2c(nc3ccccc13)=CC=C[C+]=2.[Cl-]. The molecule has 18 heavy (non-hydrogen) atoms. The molecule has 1 aromatic heterocycles. The first-order valence-corrected chi connectivity index (χ1v) is 5.20. The number of para-hydroxylation sites is 1. The number of aromatic carboxylic acids is 1. The predicted octanol–water partition coefficient (Wildman–Crippen LogP) is -2.06. The third-order valence-corrected chi connectivity index (χ3v) is 2.71. The van der Waals surface area contributed by atoms with E-state index in [0.717, 1.165) is 0 Å². The van der Waals surface area contributed by atoms with Gasteiger partial charge < -0.3 is 17.5 Å². The van der Waals surface area contributed by atoms with Crippen molar-refractivity contribution in [2.45, 2.75) is 0 Å². The van der Waals surface area contributed by atoms with Crippen molar-refractivity contribution in [3.63, 3.8) is 0 Å². The third kappa shape index (κ3) is 1.76. The highest BCUT2D eigenvalue weighted by atomic mass is 35.5. The van der Waals surface area contributed by atoms with Crippen LogP contribution in [0.5, 0.6) is 0 Å². The molecule has 0 spiro atoms. The van der Waals surface area contributed by atoms with Crippen molar-refractivity contribution in [3.05, 3.63) is 52.5 Å². The second-order valence-electron chi connectivity index (χ2n) is 3.74. The van der Waals surface area contributed by atoms with E-state index in [2.05, 4.69) is 11.1 Å². The van der Waals surface area contributed by atoms with Crippen molar-refractivity contribution in [2.24, 2.45) is 0 Å². The van der Waals surface area contributed by atoms with Crippen LogP contribution in [-0.4, -0.2) is 16.1 Å². The number of benzene rings is 1. The largest absolute Gasteiger partial charge is 1.00 e. The van der Waals surface area contributed by atoms with Gasteiger partial charge >= 0.3 is 5.97 Å². The van der Waals surface area contributed by atoms with E-state index in [0.29, 0.717) is 21.5 Å². The van der Waals surface area contributed by atoms with Crippen molar-refractivity contribution in [1.82, 2.24) is 4.98 Å². The minimum Gasteiger partial charge on any atom is -1.00 e. The average molecular weight is 258 g/mol. The lowest BCUT2D eigenvalue weighted by Crippen LogP contribution is -3.00. The first-order valence-electron chi connectivity index (χ1n) is 5.20. The van der Waals surface area contributed by atoms with Gasteiger partial charge in [-0.25, -0.2) is 4.79 Å². The fourth-order valence-electron chi connectivity index (χ4n) is 1.99. The van der Waals surface area contributed by atoms with Crippen LogP contribution in [0.25, 0.3) is 23.1 Å². The van der Waals surface area contributed by atoms with Crippen LogP contribution in [0.1, 0.15) is 10.4 Å². The minimum atomic E-state index is -0.948. The van der Waals surface area contributed by atoms with Gasteiger partial charge in [0.15, 0.2) is 16.1 Å². The zero-order valence-corrected chi connectivity index (χ0v) is 9.98.